The highest BCUT2D eigenvalue weighted by molar-refractivity contribution is 7.80. The predicted octanol–water partition coefficient (Wildman–Crippen LogP) is 2.71. The largest absolute Gasteiger partial charge is 0.378 e. The Hall–Kier alpha value is -2.18. The Morgan fingerprint density at radius 3 is 2.67 bits per heavy atom. The fraction of sp³-hybridized carbons (Fsp3) is 0.333. The summed E-state index contributed by atoms with van der Waals surface area (Å²) in [5.41, 5.74) is 3.50. The molecule has 6 heteroatoms. The first-order valence-corrected chi connectivity index (χ1v) is 8.51. The molecule has 0 unspecified atom stereocenters. The normalized spacial score (nSPS) is 14.3. The summed E-state index contributed by atoms with van der Waals surface area (Å²) in [6, 6.07) is 12.5. The molecule has 0 radical (unpaired) electrons. The van der Waals surface area contributed by atoms with Crippen molar-refractivity contribution in [1.29, 1.82) is 0 Å². The molecule has 1 fully saturated rings. The van der Waals surface area contributed by atoms with Crippen molar-refractivity contribution in [2.45, 2.75) is 13.5 Å². The highest BCUT2D eigenvalue weighted by Gasteiger charge is 2.10. The van der Waals surface area contributed by atoms with Gasteiger partial charge in [-0.25, -0.2) is 4.98 Å². The molecule has 1 aliphatic heterocycles. The zero-order chi connectivity index (χ0) is 16.8. The van der Waals surface area contributed by atoms with Crippen molar-refractivity contribution < 1.29 is 4.74 Å². The van der Waals surface area contributed by atoms with E-state index in [9.17, 15) is 0 Å². The fourth-order valence-electron chi connectivity index (χ4n) is 2.60. The van der Waals surface area contributed by atoms with E-state index in [-0.39, 0.29) is 0 Å². The number of anilines is 2. The molecule has 0 aliphatic carbocycles. The molecule has 0 spiro atoms. The van der Waals surface area contributed by atoms with Gasteiger partial charge >= 0.3 is 0 Å². The number of rotatable bonds is 4. The molecule has 2 aromatic rings. The number of nitrogens with one attached hydrogen (secondary N) is 2. The van der Waals surface area contributed by atoms with Crippen LogP contribution in [0.1, 0.15) is 11.1 Å². The maximum Gasteiger partial charge on any atom is 0.172 e. The van der Waals surface area contributed by atoms with E-state index in [1.165, 1.54) is 11.3 Å². The number of hydrogen-bond donors (Lipinski definition) is 2. The monoisotopic (exact) mass is 342 g/mol. The van der Waals surface area contributed by atoms with Gasteiger partial charge in [0.25, 0.3) is 0 Å². The Morgan fingerprint density at radius 1 is 1.21 bits per heavy atom. The second-order valence-electron chi connectivity index (χ2n) is 5.74. The van der Waals surface area contributed by atoms with E-state index < -0.39 is 0 Å². The first kappa shape index (κ1) is 16.7. The van der Waals surface area contributed by atoms with Gasteiger partial charge < -0.3 is 20.3 Å². The summed E-state index contributed by atoms with van der Waals surface area (Å²) in [4.78, 5) is 6.63. The summed E-state index contributed by atoms with van der Waals surface area (Å²) in [5.74, 6) is 0.790. The summed E-state index contributed by atoms with van der Waals surface area (Å²) < 4.78 is 5.39. The summed E-state index contributed by atoms with van der Waals surface area (Å²) in [5, 5.41) is 6.93. The maximum atomic E-state index is 5.39. The smallest absolute Gasteiger partial charge is 0.172 e. The third-order valence-electron chi connectivity index (χ3n) is 4.01. The lowest BCUT2D eigenvalue weighted by atomic mass is 10.2. The van der Waals surface area contributed by atoms with Gasteiger partial charge in [-0.3, -0.25) is 0 Å². The number of thiocarbonyl (C=S) groups is 1. The number of morpholine rings is 1. The number of aromatic nitrogens is 1. The van der Waals surface area contributed by atoms with E-state index in [1.54, 1.807) is 6.20 Å². The molecule has 0 amide bonds. The highest BCUT2D eigenvalue weighted by atomic mass is 32.1. The van der Waals surface area contributed by atoms with Crippen molar-refractivity contribution in [2.75, 3.05) is 36.5 Å². The Kier molecular flexibility index (Phi) is 5.61. The minimum absolute atomic E-state index is 0.578. The summed E-state index contributed by atoms with van der Waals surface area (Å²) in [6.07, 6.45) is 1.75. The van der Waals surface area contributed by atoms with Gasteiger partial charge in [0.05, 0.1) is 13.2 Å². The minimum Gasteiger partial charge on any atom is -0.378 e. The average Bonchev–Trinajstić information content (AvgIpc) is 2.63. The molecule has 1 saturated heterocycles. The van der Waals surface area contributed by atoms with E-state index in [1.807, 2.05) is 19.1 Å². The van der Waals surface area contributed by atoms with Crippen molar-refractivity contribution in [2.24, 2.45) is 0 Å². The zero-order valence-electron chi connectivity index (χ0n) is 13.8. The molecule has 1 aromatic carbocycles. The third-order valence-corrected chi connectivity index (χ3v) is 4.25. The number of hydrogen-bond acceptors (Lipinski definition) is 4. The summed E-state index contributed by atoms with van der Waals surface area (Å²) in [7, 11) is 0. The molecule has 0 saturated carbocycles. The Labute approximate surface area is 148 Å². The van der Waals surface area contributed by atoms with Crippen molar-refractivity contribution in [3.63, 3.8) is 0 Å². The van der Waals surface area contributed by atoms with Gasteiger partial charge in [-0.05, 0) is 48.5 Å². The number of aryl methyl sites for hydroxylation is 1. The highest BCUT2D eigenvalue weighted by Crippen LogP contribution is 2.16. The molecular weight excluding hydrogens is 320 g/mol. The van der Waals surface area contributed by atoms with Gasteiger partial charge in [0.1, 0.15) is 5.82 Å². The van der Waals surface area contributed by atoms with Crippen molar-refractivity contribution >= 4 is 28.8 Å². The van der Waals surface area contributed by atoms with Gasteiger partial charge in [0.2, 0.25) is 0 Å². The third kappa shape index (κ3) is 4.43. The van der Waals surface area contributed by atoms with Crippen LogP contribution >= 0.6 is 12.2 Å². The Bertz CT molecular complexity index is 684. The molecule has 5 nitrogen and oxygen atoms in total. The standard InChI is InChI=1S/C18H22N4OS/c1-14-3-2-8-19-17(14)21-18(24)20-13-15-4-6-16(7-5-15)22-9-11-23-12-10-22/h2-8H,9-13H2,1H3,(H2,19,20,21,24). The van der Waals surface area contributed by atoms with Gasteiger partial charge in [0.15, 0.2) is 5.11 Å². The van der Waals surface area contributed by atoms with E-state index in [2.05, 4.69) is 44.8 Å². The number of nitrogens with zero attached hydrogens (tertiary/aromatic N) is 2. The van der Waals surface area contributed by atoms with Gasteiger partial charge in [-0.2, -0.15) is 0 Å². The maximum absolute atomic E-state index is 5.39. The van der Waals surface area contributed by atoms with Crippen LogP contribution < -0.4 is 15.5 Å². The SMILES string of the molecule is Cc1cccnc1NC(=S)NCc1ccc(N2CCOCC2)cc1. The first-order chi connectivity index (χ1) is 11.7. The van der Waals surface area contributed by atoms with Crippen LogP contribution in [0.3, 0.4) is 0 Å². The van der Waals surface area contributed by atoms with Gasteiger partial charge in [0, 0.05) is 31.5 Å². The van der Waals surface area contributed by atoms with Crippen LogP contribution in [0.4, 0.5) is 11.5 Å². The van der Waals surface area contributed by atoms with Crippen LogP contribution in [0.15, 0.2) is 42.6 Å². The topological polar surface area (TPSA) is 49.4 Å². The van der Waals surface area contributed by atoms with E-state index in [0.29, 0.717) is 11.7 Å². The lowest BCUT2D eigenvalue weighted by molar-refractivity contribution is 0.122. The number of pyridine rings is 1. The lowest BCUT2D eigenvalue weighted by Gasteiger charge is -2.28. The first-order valence-electron chi connectivity index (χ1n) is 8.10. The molecule has 1 aromatic heterocycles. The molecule has 0 atom stereocenters. The average molecular weight is 342 g/mol. The lowest BCUT2D eigenvalue weighted by Crippen LogP contribution is -2.36. The molecule has 24 heavy (non-hydrogen) atoms. The molecule has 126 valence electrons. The molecule has 0 bridgehead atoms. The van der Waals surface area contributed by atoms with Gasteiger partial charge in [-0.15, -0.1) is 0 Å². The summed E-state index contributed by atoms with van der Waals surface area (Å²) >= 11 is 5.34. The Morgan fingerprint density at radius 2 is 1.96 bits per heavy atom. The van der Waals surface area contributed by atoms with Crippen LogP contribution in [-0.2, 0) is 11.3 Å². The predicted molar refractivity (Wildman–Crippen MR) is 102 cm³/mol. The van der Waals surface area contributed by atoms with Crippen LogP contribution in [0.2, 0.25) is 0 Å². The number of benzene rings is 1. The van der Waals surface area contributed by atoms with Crippen LogP contribution in [-0.4, -0.2) is 36.4 Å². The quantitative estimate of drug-likeness (QED) is 0.833. The van der Waals surface area contributed by atoms with Gasteiger partial charge in [-0.1, -0.05) is 18.2 Å². The van der Waals surface area contributed by atoms with E-state index >= 15 is 0 Å². The zero-order valence-corrected chi connectivity index (χ0v) is 14.6. The fourth-order valence-corrected chi connectivity index (χ4v) is 2.77. The molecule has 1 aliphatic rings. The van der Waals surface area contributed by atoms with Crippen molar-refractivity contribution in [1.82, 2.24) is 10.3 Å². The van der Waals surface area contributed by atoms with Crippen molar-refractivity contribution in [3.8, 4) is 0 Å². The molecule has 2 N–H and O–H groups in total. The van der Waals surface area contributed by atoms with E-state index in [4.69, 9.17) is 17.0 Å². The Balaban J connectivity index is 1.51. The molecular formula is C18H22N4OS. The van der Waals surface area contributed by atoms with Crippen LogP contribution in [0.25, 0.3) is 0 Å². The second-order valence-corrected chi connectivity index (χ2v) is 6.15. The number of ether oxygens (including phenoxy) is 1. The summed E-state index contributed by atoms with van der Waals surface area (Å²) in [6.45, 7) is 6.19. The van der Waals surface area contributed by atoms with Crippen molar-refractivity contribution in [3.05, 3.63) is 53.7 Å². The minimum atomic E-state index is 0.578. The van der Waals surface area contributed by atoms with E-state index in [0.717, 1.165) is 37.7 Å². The van der Waals surface area contributed by atoms with Crippen LogP contribution in [0.5, 0.6) is 0 Å². The second kappa shape index (κ2) is 8.08. The molecule has 3 rings (SSSR count). The molecule has 2 heterocycles. The van der Waals surface area contributed by atoms with Crippen LogP contribution in [0, 0.1) is 6.92 Å².